The minimum atomic E-state index is -3.21. The first kappa shape index (κ1) is 18.4. The van der Waals surface area contributed by atoms with Gasteiger partial charge in [-0.1, -0.05) is 0 Å². The van der Waals surface area contributed by atoms with Gasteiger partial charge in [0.25, 0.3) is 5.91 Å². The number of sulfonamides is 1. The molecule has 0 atom stereocenters. The van der Waals surface area contributed by atoms with E-state index < -0.39 is 10.0 Å². The molecular weight excluding hydrogens is 378 g/mol. The molecular formula is C20H21N3O4S. The van der Waals surface area contributed by atoms with Gasteiger partial charge in [0, 0.05) is 29.2 Å². The van der Waals surface area contributed by atoms with Crippen LogP contribution in [-0.4, -0.2) is 38.2 Å². The maximum absolute atomic E-state index is 12.6. The quantitative estimate of drug-likeness (QED) is 0.688. The molecule has 0 unspecified atom stereocenters. The molecule has 4 rings (SSSR count). The second kappa shape index (κ2) is 7.20. The number of nitrogens with one attached hydrogen (secondary N) is 2. The summed E-state index contributed by atoms with van der Waals surface area (Å²) >= 11 is 0. The average molecular weight is 399 g/mol. The molecule has 2 N–H and O–H groups in total. The number of ether oxygens (including phenoxy) is 1. The van der Waals surface area contributed by atoms with Gasteiger partial charge in [-0.05, 0) is 55.8 Å². The zero-order valence-corrected chi connectivity index (χ0v) is 16.3. The molecule has 0 aliphatic carbocycles. The van der Waals surface area contributed by atoms with Crippen molar-refractivity contribution in [2.24, 2.45) is 0 Å². The van der Waals surface area contributed by atoms with Crippen LogP contribution in [0.3, 0.4) is 0 Å². The maximum atomic E-state index is 12.6. The summed E-state index contributed by atoms with van der Waals surface area (Å²) in [6.45, 7) is 2.99. The molecule has 0 spiro atoms. The van der Waals surface area contributed by atoms with Gasteiger partial charge in [-0.25, -0.2) is 8.42 Å². The number of carbonyl (C=O) groups excluding carboxylic acids is 1. The lowest BCUT2D eigenvalue weighted by atomic mass is 10.2. The van der Waals surface area contributed by atoms with Crippen LogP contribution in [0.5, 0.6) is 5.75 Å². The Labute approximate surface area is 163 Å². The third-order valence-corrected chi connectivity index (χ3v) is 6.53. The van der Waals surface area contributed by atoms with E-state index in [1.54, 1.807) is 30.3 Å². The summed E-state index contributed by atoms with van der Waals surface area (Å²) in [6, 6.07) is 14.2. The van der Waals surface area contributed by atoms with Gasteiger partial charge in [0.1, 0.15) is 11.4 Å². The first-order chi connectivity index (χ1) is 13.5. The van der Waals surface area contributed by atoms with Crippen LogP contribution in [0.4, 0.5) is 11.4 Å². The number of fused-ring (bicyclic) bond motifs is 1. The second-order valence-corrected chi connectivity index (χ2v) is 8.62. The Morgan fingerprint density at radius 1 is 1.18 bits per heavy atom. The molecule has 3 aromatic rings. The highest BCUT2D eigenvalue weighted by Gasteiger charge is 2.28. The van der Waals surface area contributed by atoms with Gasteiger partial charge in [0.05, 0.1) is 18.0 Å². The minimum absolute atomic E-state index is 0.177. The standard InChI is InChI=1S/C20H21N3O4S/c1-2-27-17-9-4-14-12-19(22-18(14)13-17)20(24)21-15-5-7-16(8-6-15)23-10-3-11-28(23,25)26/h4-9,12-13,22H,2-3,10-11H2,1H3,(H,21,24). The highest BCUT2D eigenvalue weighted by atomic mass is 32.2. The molecule has 1 fully saturated rings. The summed E-state index contributed by atoms with van der Waals surface area (Å²) in [7, 11) is -3.21. The van der Waals surface area contributed by atoms with Crippen LogP contribution in [0, 0.1) is 0 Å². The van der Waals surface area contributed by atoms with Crippen LogP contribution in [0.15, 0.2) is 48.5 Å². The van der Waals surface area contributed by atoms with Gasteiger partial charge >= 0.3 is 0 Å². The third-order valence-electron chi connectivity index (χ3n) is 4.66. The molecule has 1 aliphatic heterocycles. The monoisotopic (exact) mass is 399 g/mol. The van der Waals surface area contributed by atoms with Crippen molar-refractivity contribution in [1.29, 1.82) is 0 Å². The fraction of sp³-hybridized carbons (Fsp3) is 0.250. The number of hydrogen-bond acceptors (Lipinski definition) is 4. The second-order valence-electron chi connectivity index (χ2n) is 6.61. The van der Waals surface area contributed by atoms with E-state index >= 15 is 0 Å². The van der Waals surface area contributed by atoms with Crippen molar-refractivity contribution in [1.82, 2.24) is 4.98 Å². The van der Waals surface area contributed by atoms with E-state index in [9.17, 15) is 13.2 Å². The van der Waals surface area contributed by atoms with Crippen molar-refractivity contribution in [3.63, 3.8) is 0 Å². The van der Waals surface area contributed by atoms with Crippen molar-refractivity contribution in [2.45, 2.75) is 13.3 Å². The highest BCUT2D eigenvalue weighted by molar-refractivity contribution is 7.93. The number of anilines is 2. The molecule has 0 bridgehead atoms. The highest BCUT2D eigenvalue weighted by Crippen LogP contribution is 2.26. The largest absolute Gasteiger partial charge is 0.494 e. The van der Waals surface area contributed by atoms with Crippen LogP contribution < -0.4 is 14.4 Å². The van der Waals surface area contributed by atoms with E-state index in [1.807, 2.05) is 25.1 Å². The number of nitrogens with zero attached hydrogens (tertiary/aromatic N) is 1. The average Bonchev–Trinajstić information content (AvgIpc) is 3.25. The molecule has 1 saturated heterocycles. The normalized spacial score (nSPS) is 15.7. The third kappa shape index (κ3) is 3.55. The number of H-pyrrole nitrogens is 1. The Bertz CT molecular complexity index is 1120. The Hall–Kier alpha value is -3.00. The molecule has 2 heterocycles. The SMILES string of the molecule is CCOc1ccc2cc(C(=O)Nc3ccc(N4CCCS4(=O)=O)cc3)[nH]c2c1. The fourth-order valence-electron chi connectivity index (χ4n) is 3.32. The summed E-state index contributed by atoms with van der Waals surface area (Å²) < 4.78 is 30.9. The number of amides is 1. The summed E-state index contributed by atoms with van der Waals surface area (Å²) in [5, 5.41) is 3.75. The van der Waals surface area contributed by atoms with E-state index in [0.717, 1.165) is 16.7 Å². The molecule has 7 nitrogen and oxygen atoms in total. The minimum Gasteiger partial charge on any atom is -0.494 e. The summed E-state index contributed by atoms with van der Waals surface area (Å²) in [4.78, 5) is 15.7. The van der Waals surface area contributed by atoms with Gasteiger partial charge in [0.15, 0.2) is 0 Å². The number of aromatic nitrogens is 1. The number of carbonyl (C=O) groups is 1. The number of hydrogen-bond donors (Lipinski definition) is 2. The zero-order valence-electron chi connectivity index (χ0n) is 15.4. The fourth-order valence-corrected chi connectivity index (χ4v) is 4.89. The summed E-state index contributed by atoms with van der Waals surface area (Å²) in [5.74, 6) is 0.656. The molecule has 8 heteroatoms. The van der Waals surface area contributed by atoms with Crippen LogP contribution in [0.25, 0.3) is 10.9 Å². The lowest BCUT2D eigenvalue weighted by molar-refractivity contribution is 0.102. The topological polar surface area (TPSA) is 91.5 Å². The maximum Gasteiger partial charge on any atom is 0.272 e. The predicted molar refractivity (Wildman–Crippen MR) is 110 cm³/mol. The first-order valence-corrected chi connectivity index (χ1v) is 10.7. The summed E-state index contributed by atoms with van der Waals surface area (Å²) in [6.07, 6.45) is 0.631. The van der Waals surface area contributed by atoms with Gasteiger partial charge in [0.2, 0.25) is 10.0 Å². The lowest BCUT2D eigenvalue weighted by Crippen LogP contribution is -2.25. The van der Waals surface area contributed by atoms with Crippen molar-refractivity contribution in [2.75, 3.05) is 28.5 Å². The molecule has 1 aromatic heterocycles. The lowest BCUT2D eigenvalue weighted by Gasteiger charge is -2.17. The molecule has 0 radical (unpaired) electrons. The van der Waals surface area contributed by atoms with Crippen molar-refractivity contribution in [3.8, 4) is 5.75 Å². The Kier molecular flexibility index (Phi) is 4.72. The Balaban J connectivity index is 1.49. The van der Waals surface area contributed by atoms with Gasteiger partial charge in [-0.15, -0.1) is 0 Å². The van der Waals surface area contributed by atoms with Crippen LogP contribution in [-0.2, 0) is 10.0 Å². The summed E-state index contributed by atoms with van der Waals surface area (Å²) in [5.41, 5.74) is 2.48. The molecule has 0 saturated carbocycles. The van der Waals surface area contributed by atoms with Gasteiger partial charge < -0.3 is 15.0 Å². The van der Waals surface area contributed by atoms with Crippen molar-refractivity contribution >= 4 is 38.2 Å². The van der Waals surface area contributed by atoms with Crippen LogP contribution in [0.1, 0.15) is 23.8 Å². The van der Waals surface area contributed by atoms with Gasteiger partial charge in [-0.3, -0.25) is 9.10 Å². The van der Waals surface area contributed by atoms with E-state index in [4.69, 9.17) is 4.74 Å². The van der Waals surface area contributed by atoms with E-state index in [-0.39, 0.29) is 11.7 Å². The molecule has 1 amide bonds. The Morgan fingerprint density at radius 2 is 1.96 bits per heavy atom. The number of rotatable bonds is 5. The smallest absolute Gasteiger partial charge is 0.272 e. The number of benzene rings is 2. The van der Waals surface area contributed by atoms with Crippen molar-refractivity contribution < 1.29 is 17.9 Å². The van der Waals surface area contributed by atoms with E-state index in [2.05, 4.69) is 10.3 Å². The van der Waals surface area contributed by atoms with E-state index in [0.29, 0.717) is 36.6 Å². The number of aromatic amines is 1. The molecule has 2 aromatic carbocycles. The zero-order chi connectivity index (χ0) is 19.7. The predicted octanol–water partition coefficient (Wildman–Crippen LogP) is 3.36. The van der Waals surface area contributed by atoms with Gasteiger partial charge in [-0.2, -0.15) is 0 Å². The Morgan fingerprint density at radius 3 is 2.64 bits per heavy atom. The first-order valence-electron chi connectivity index (χ1n) is 9.14. The molecule has 1 aliphatic rings. The van der Waals surface area contributed by atoms with Crippen molar-refractivity contribution in [3.05, 3.63) is 54.2 Å². The molecule has 28 heavy (non-hydrogen) atoms. The van der Waals surface area contributed by atoms with Crippen LogP contribution >= 0.6 is 0 Å². The van der Waals surface area contributed by atoms with E-state index in [1.165, 1.54) is 4.31 Å². The molecule has 146 valence electrons. The van der Waals surface area contributed by atoms with Crippen LogP contribution in [0.2, 0.25) is 0 Å².